The summed E-state index contributed by atoms with van der Waals surface area (Å²) in [6.45, 7) is 4.73. The Kier molecular flexibility index (Phi) is 3.11. The zero-order chi connectivity index (χ0) is 9.60. The van der Waals surface area contributed by atoms with Crippen molar-refractivity contribution in [2.75, 3.05) is 39.3 Å². The van der Waals surface area contributed by atoms with Gasteiger partial charge in [0, 0.05) is 39.3 Å². The molecule has 3 aliphatic heterocycles. The summed E-state index contributed by atoms with van der Waals surface area (Å²) in [5.74, 6) is 0. The highest BCUT2D eigenvalue weighted by Crippen LogP contribution is 2.54. The second-order valence-corrected chi connectivity index (χ2v) is 4.86. The molecule has 0 aromatic rings. The van der Waals surface area contributed by atoms with Crippen LogP contribution in [0.3, 0.4) is 0 Å². The third kappa shape index (κ3) is 3.47. The molecule has 0 aromatic carbocycles. The first kappa shape index (κ1) is 11.4. The summed E-state index contributed by atoms with van der Waals surface area (Å²) in [7, 11) is -3.42. The fraction of sp³-hybridized carbons (Fsp3) is 1.00. The summed E-state index contributed by atoms with van der Waals surface area (Å²) in [6, 6.07) is 0. The van der Waals surface area contributed by atoms with Crippen LogP contribution in [-0.4, -0.2) is 59.9 Å². The van der Waals surface area contributed by atoms with E-state index >= 15 is 0 Å². The van der Waals surface area contributed by atoms with Crippen LogP contribution in [-0.2, 0) is 18.4 Å². The second-order valence-electron chi connectivity index (χ2n) is 3.48. The minimum absolute atomic E-state index is 0. The molecule has 3 aliphatic rings. The Morgan fingerprint density at radius 3 is 1.20 bits per heavy atom. The number of rotatable bonds is 6. The van der Waals surface area contributed by atoms with Crippen LogP contribution in [0.2, 0.25) is 0 Å². The molecule has 0 unspecified atom stereocenters. The molecule has 3 fully saturated rings. The van der Waals surface area contributed by atoms with E-state index in [0.29, 0.717) is 0 Å². The molecule has 0 aromatic heterocycles. The molecule has 3 rings (SSSR count). The molecule has 2 N–H and O–H groups in total. The van der Waals surface area contributed by atoms with Gasteiger partial charge >= 0.3 is 7.82 Å². The zero-order valence-electron chi connectivity index (χ0n) is 8.16. The summed E-state index contributed by atoms with van der Waals surface area (Å²) >= 11 is 0. The molecule has 15 heavy (non-hydrogen) atoms. The van der Waals surface area contributed by atoms with E-state index in [-0.39, 0.29) is 5.48 Å². The molecule has 0 spiro atoms. The van der Waals surface area contributed by atoms with Crippen molar-refractivity contribution in [3.8, 4) is 0 Å². The van der Waals surface area contributed by atoms with Gasteiger partial charge in [-0.05, 0) is 0 Å². The van der Waals surface area contributed by atoms with Crippen LogP contribution < -0.4 is 0 Å². The van der Waals surface area contributed by atoms with Gasteiger partial charge in [0.15, 0.2) is 0 Å². The molecule has 88 valence electrons. The summed E-state index contributed by atoms with van der Waals surface area (Å²) < 4.78 is 27.3. The first-order valence-corrected chi connectivity index (χ1v) is 6.14. The SMILES string of the molecule is O.O=P(ON1CC1)(ON1CC1)ON1CC1. The third-order valence-corrected chi connectivity index (χ3v) is 3.16. The van der Waals surface area contributed by atoms with Gasteiger partial charge in [-0.2, -0.15) is 29.1 Å². The van der Waals surface area contributed by atoms with Crippen molar-refractivity contribution in [3.05, 3.63) is 0 Å². The van der Waals surface area contributed by atoms with Crippen LogP contribution in [0.15, 0.2) is 0 Å². The van der Waals surface area contributed by atoms with Crippen molar-refractivity contribution in [2.45, 2.75) is 0 Å². The van der Waals surface area contributed by atoms with Crippen LogP contribution in [0.1, 0.15) is 0 Å². The molecule has 0 bridgehead atoms. The monoisotopic (exact) mass is 239 g/mol. The van der Waals surface area contributed by atoms with Gasteiger partial charge in [-0.1, -0.05) is 0 Å². The first-order chi connectivity index (χ1) is 6.73. The van der Waals surface area contributed by atoms with Crippen molar-refractivity contribution < 1.29 is 23.9 Å². The number of phosphoric acid groups is 1. The largest absolute Gasteiger partial charge is 0.525 e. The second kappa shape index (κ2) is 4.08. The lowest BCUT2D eigenvalue weighted by atomic mass is 11.0. The van der Waals surface area contributed by atoms with Gasteiger partial charge in [0.1, 0.15) is 0 Å². The summed E-state index contributed by atoms with van der Waals surface area (Å²) in [4.78, 5) is 0. The fourth-order valence-electron chi connectivity index (χ4n) is 0.836. The van der Waals surface area contributed by atoms with E-state index < -0.39 is 7.82 Å². The van der Waals surface area contributed by atoms with E-state index in [9.17, 15) is 4.57 Å². The van der Waals surface area contributed by atoms with Gasteiger partial charge in [0.2, 0.25) is 0 Å². The topological polar surface area (TPSA) is 85.3 Å². The first-order valence-electron chi connectivity index (χ1n) is 4.68. The number of nitrogens with zero attached hydrogens (tertiary/aromatic N) is 3. The predicted octanol–water partition coefficient (Wildman–Crippen LogP) is -0.989. The average molecular weight is 239 g/mol. The zero-order valence-corrected chi connectivity index (χ0v) is 9.06. The van der Waals surface area contributed by atoms with Crippen LogP contribution in [0.4, 0.5) is 0 Å². The molecular weight excluding hydrogens is 225 g/mol. The Labute approximate surface area is 87.1 Å². The van der Waals surface area contributed by atoms with E-state index in [1.807, 2.05) is 0 Å². The van der Waals surface area contributed by atoms with E-state index in [1.165, 1.54) is 0 Å². The van der Waals surface area contributed by atoms with Crippen molar-refractivity contribution in [1.29, 1.82) is 0 Å². The lowest BCUT2D eigenvalue weighted by Crippen LogP contribution is -2.10. The lowest BCUT2D eigenvalue weighted by Gasteiger charge is -2.16. The molecule has 0 atom stereocenters. The summed E-state index contributed by atoms with van der Waals surface area (Å²) in [5, 5.41) is 4.69. The highest BCUT2D eigenvalue weighted by molar-refractivity contribution is 7.48. The average Bonchev–Trinajstić information content (AvgIpc) is 2.90. The Morgan fingerprint density at radius 2 is 1.00 bits per heavy atom. The standard InChI is InChI=1S/C6H12N3O4P.H2O/c10-14(11-7-1-2-7,12-8-3-4-8)13-9-5-6-9;/h1-6H2;1H2. The minimum atomic E-state index is -3.42. The maximum Gasteiger partial charge on any atom is 0.525 e. The Hall–Kier alpha value is -0.0500. The van der Waals surface area contributed by atoms with Gasteiger partial charge in [-0.25, -0.2) is 4.57 Å². The number of hydroxylamine groups is 6. The maximum atomic E-state index is 12.0. The van der Waals surface area contributed by atoms with Crippen molar-refractivity contribution in [1.82, 2.24) is 15.2 Å². The smallest absolute Gasteiger partial charge is 0.412 e. The molecule has 0 amide bonds. The predicted molar refractivity (Wildman–Crippen MR) is 49.2 cm³/mol. The lowest BCUT2D eigenvalue weighted by molar-refractivity contribution is -0.0922. The Morgan fingerprint density at radius 1 is 0.733 bits per heavy atom. The van der Waals surface area contributed by atoms with E-state index in [0.717, 1.165) is 39.3 Å². The quantitative estimate of drug-likeness (QED) is 0.434. The molecule has 3 saturated heterocycles. The Balaban J connectivity index is 0.000000853. The van der Waals surface area contributed by atoms with Gasteiger partial charge in [0.05, 0.1) is 0 Å². The summed E-state index contributed by atoms with van der Waals surface area (Å²) in [6.07, 6.45) is 0. The molecule has 0 radical (unpaired) electrons. The number of hydrogen-bond donors (Lipinski definition) is 0. The highest BCUT2D eigenvalue weighted by Gasteiger charge is 2.43. The van der Waals surface area contributed by atoms with Gasteiger partial charge in [-0.3, -0.25) is 0 Å². The van der Waals surface area contributed by atoms with Gasteiger partial charge < -0.3 is 5.48 Å². The minimum Gasteiger partial charge on any atom is -0.412 e. The summed E-state index contributed by atoms with van der Waals surface area (Å²) in [5.41, 5.74) is 0. The third-order valence-electron chi connectivity index (χ3n) is 1.86. The van der Waals surface area contributed by atoms with Crippen molar-refractivity contribution in [3.63, 3.8) is 0 Å². The molecule has 0 saturated carbocycles. The van der Waals surface area contributed by atoms with Crippen molar-refractivity contribution >= 4 is 7.82 Å². The normalized spacial score (nSPS) is 26.1. The van der Waals surface area contributed by atoms with Gasteiger partial charge in [-0.15, -0.1) is 0 Å². The van der Waals surface area contributed by atoms with E-state index in [4.69, 9.17) is 13.9 Å². The molecule has 0 aliphatic carbocycles. The van der Waals surface area contributed by atoms with Crippen LogP contribution >= 0.6 is 7.82 Å². The van der Waals surface area contributed by atoms with Crippen molar-refractivity contribution in [2.24, 2.45) is 0 Å². The Bertz CT molecular complexity index is 235. The molecule has 3 heterocycles. The number of hydrogen-bond acceptors (Lipinski definition) is 7. The van der Waals surface area contributed by atoms with Crippen LogP contribution in [0, 0.1) is 0 Å². The molecule has 8 nitrogen and oxygen atoms in total. The van der Waals surface area contributed by atoms with Crippen LogP contribution in [0.5, 0.6) is 0 Å². The van der Waals surface area contributed by atoms with E-state index in [2.05, 4.69) is 0 Å². The highest BCUT2D eigenvalue weighted by atomic mass is 31.2. The molecule has 9 heteroatoms. The fourth-order valence-corrected chi connectivity index (χ4v) is 2.26. The van der Waals surface area contributed by atoms with Gasteiger partial charge in [0.25, 0.3) is 0 Å². The molecular formula is C6H14N3O5P. The van der Waals surface area contributed by atoms with E-state index in [1.54, 1.807) is 15.2 Å². The maximum absolute atomic E-state index is 12.0. The van der Waals surface area contributed by atoms with Crippen LogP contribution in [0.25, 0.3) is 0 Å².